The molecule has 0 N–H and O–H groups in total. The average Bonchev–Trinajstić information content (AvgIpc) is 3.57. The summed E-state index contributed by atoms with van der Waals surface area (Å²) in [7, 11) is 0. The summed E-state index contributed by atoms with van der Waals surface area (Å²) in [5, 5.41) is 3.47. The van der Waals surface area contributed by atoms with Crippen molar-refractivity contribution in [2.75, 3.05) is 0 Å². The van der Waals surface area contributed by atoms with E-state index >= 15 is 0 Å². The maximum Gasteiger partial charge on any atom is 0.251 e. The number of hydrogen-bond acceptors (Lipinski definition) is 2. The van der Waals surface area contributed by atoms with Crippen LogP contribution < -0.4 is 21.1 Å². The van der Waals surface area contributed by atoms with E-state index in [0.29, 0.717) is 17.8 Å². The lowest BCUT2D eigenvalue weighted by Gasteiger charge is -2.32. The fraction of sp³-hybridized carbons (Fsp3) is 0.220. The fourth-order valence-corrected chi connectivity index (χ4v) is 7.44. The molecule has 5 aromatic carbocycles. The Morgan fingerprint density at radius 1 is 0.600 bits per heavy atom. The van der Waals surface area contributed by atoms with E-state index in [1.165, 1.54) is 38.5 Å². The number of fused-ring (bicyclic) bond motifs is 7. The lowest BCUT2D eigenvalue weighted by atomic mass is 9.34. The first-order chi connectivity index (χ1) is 21.8. The van der Waals surface area contributed by atoms with Gasteiger partial charge in [-0.05, 0) is 69.6 Å². The molecule has 0 bridgehead atoms. The third-order valence-corrected chi connectivity index (χ3v) is 9.68. The molecular weight excluding hydrogens is 549 g/mol. The Morgan fingerprint density at radius 2 is 1.24 bits per heavy atom. The van der Waals surface area contributed by atoms with E-state index in [1.54, 1.807) is 0 Å². The molecule has 222 valence electrons. The monoisotopic (exact) mass is 587 g/mol. The van der Waals surface area contributed by atoms with Crippen molar-refractivity contribution < 1.29 is 9.15 Å². The van der Waals surface area contributed by atoms with E-state index in [2.05, 4.69) is 143 Å². The Hall–Kier alpha value is -4.70. The zero-order chi connectivity index (χ0) is 31.0. The summed E-state index contributed by atoms with van der Waals surface area (Å²) in [4.78, 5) is 0. The third kappa shape index (κ3) is 4.26. The highest BCUT2D eigenvalue weighted by molar-refractivity contribution is 6.97. The van der Waals surface area contributed by atoms with Gasteiger partial charge in [0.25, 0.3) is 6.71 Å². The van der Waals surface area contributed by atoms with E-state index < -0.39 is 0 Å². The summed E-state index contributed by atoms with van der Waals surface area (Å²) >= 11 is 0. The Bertz CT molecular complexity index is 2220. The van der Waals surface area contributed by atoms with Gasteiger partial charge in [-0.2, -0.15) is 0 Å². The molecular formula is C41H38BNO2. The van der Waals surface area contributed by atoms with Crippen LogP contribution >= 0.6 is 0 Å². The second kappa shape index (κ2) is 10.4. The van der Waals surface area contributed by atoms with Crippen molar-refractivity contribution in [3.05, 3.63) is 120 Å². The molecule has 45 heavy (non-hydrogen) atoms. The summed E-state index contributed by atoms with van der Waals surface area (Å²) in [6.45, 7) is 14.0. The first kappa shape index (κ1) is 27.8. The molecule has 7 aromatic rings. The molecule has 2 aromatic heterocycles. The first-order valence-electron chi connectivity index (χ1n) is 16.3. The highest BCUT2D eigenvalue weighted by atomic mass is 16.5. The molecule has 1 aliphatic rings. The summed E-state index contributed by atoms with van der Waals surface area (Å²) in [5.41, 5.74) is 12.1. The molecule has 4 heteroatoms. The van der Waals surface area contributed by atoms with Gasteiger partial charge in [0, 0.05) is 16.8 Å². The van der Waals surface area contributed by atoms with Gasteiger partial charge in [0.1, 0.15) is 17.1 Å². The van der Waals surface area contributed by atoms with Gasteiger partial charge >= 0.3 is 0 Å². The van der Waals surface area contributed by atoms with Crippen LogP contribution in [-0.4, -0.2) is 11.3 Å². The van der Waals surface area contributed by atoms with Crippen LogP contribution in [-0.2, 0) is 0 Å². The number of nitrogens with zero attached hydrogens (tertiary/aromatic N) is 1. The van der Waals surface area contributed by atoms with Crippen LogP contribution in [0.15, 0.2) is 108 Å². The van der Waals surface area contributed by atoms with Crippen LogP contribution in [0.1, 0.15) is 76.0 Å². The SMILES string of the molecule is CC(C)c1cc(C(C)C)c(B2c3ccccc3Oc3cc(-n4c5ccccc5c5c6ccccc6oc54)ccc32)c(C(C)C)c1. The lowest BCUT2D eigenvalue weighted by Crippen LogP contribution is -2.57. The second-order valence-corrected chi connectivity index (χ2v) is 13.5. The van der Waals surface area contributed by atoms with E-state index in [9.17, 15) is 0 Å². The molecule has 0 saturated carbocycles. The van der Waals surface area contributed by atoms with E-state index in [1.807, 2.05) is 6.07 Å². The lowest BCUT2D eigenvalue weighted by molar-refractivity contribution is 0.487. The molecule has 3 nitrogen and oxygen atoms in total. The zero-order valence-electron chi connectivity index (χ0n) is 26.9. The van der Waals surface area contributed by atoms with Crippen LogP contribution in [0.3, 0.4) is 0 Å². The Morgan fingerprint density at radius 3 is 1.98 bits per heavy atom. The Labute approximate surface area is 265 Å². The quantitative estimate of drug-likeness (QED) is 0.188. The standard InChI is InChI=1S/C41H38BNO2/c1-24(2)27-21-31(25(3)4)40(32(22-27)26(5)6)42-33-15-9-12-18-37(33)44-38-23-28(19-20-34(38)42)43-35-16-10-7-13-29(35)39-30-14-8-11-17-36(30)45-41(39)43/h7-26H,1-6H3. The first-order valence-corrected chi connectivity index (χ1v) is 16.3. The fourth-order valence-electron chi connectivity index (χ4n) is 7.44. The Kier molecular flexibility index (Phi) is 6.46. The van der Waals surface area contributed by atoms with Gasteiger partial charge < -0.3 is 9.15 Å². The van der Waals surface area contributed by atoms with Gasteiger partial charge in [0.15, 0.2) is 0 Å². The molecule has 3 heterocycles. The summed E-state index contributed by atoms with van der Waals surface area (Å²) in [6, 6.07) is 37.2. The van der Waals surface area contributed by atoms with E-state index in [4.69, 9.17) is 9.15 Å². The molecule has 0 aliphatic carbocycles. The molecule has 0 fully saturated rings. The van der Waals surface area contributed by atoms with Gasteiger partial charge in [-0.3, -0.25) is 4.57 Å². The summed E-state index contributed by atoms with van der Waals surface area (Å²) in [6.07, 6.45) is 0. The number of ether oxygens (including phenoxy) is 1. The topological polar surface area (TPSA) is 27.3 Å². The zero-order valence-corrected chi connectivity index (χ0v) is 26.9. The number of furan rings is 1. The highest BCUT2D eigenvalue weighted by Gasteiger charge is 2.36. The van der Waals surface area contributed by atoms with E-state index in [0.717, 1.165) is 44.8 Å². The normalized spacial score (nSPS) is 13.0. The molecule has 0 atom stereocenters. The molecule has 0 spiro atoms. The summed E-state index contributed by atoms with van der Waals surface area (Å²) < 4.78 is 15.6. The van der Waals surface area contributed by atoms with Crippen LogP contribution in [0.25, 0.3) is 38.7 Å². The number of hydrogen-bond donors (Lipinski definition) is 0. The van der Waals surface area contributed by atoms with Crippen molar-refractivity contribution in [3.8, 4) is 17.2 Å². The Balaban J connectivity index is 1.39. The predicted octanol–water partition coefficient (Wildman–Crippen LogP) is 9.52. The van der Waals surface area contributed by atoms with Crippen molar-refractivity contribution in [2.45, 2.75) is 59.3 Å². The summed E-state index contributed by atoms with van der Waals surface area (Å²) in [5.74, 6) is 3.08. The molecule has 0 amide bonds. The van der Waals surface area contributed by atoms with Crippen LogP contribution in [0.5, 0.6) is 11.5 Å². The van der Waals surface area contributed by atoms with Gasteiger partial charge in [-0.25, -0.2) is 0 Å². The maximum atomic E-state index is 6.77. The van der Waals surface area contributed by atoms with Crippen molar-refractivity contribution >= 4 is 56.1 Å². The number of benzene rings is 5. The van der Waals surface area contributed by atoms with Crippen molar-refractivity contribution in [2.24, 2.45) is 0 Å². The minimum Gasteiger partial charge on any atom is -0.458 e. The van der Waals surface area contributed by atoms with Gasteiger partial charge in [-0.15, -0.1) is 0 Å². The second-order valence-electron chi connectivity index (χ2n) is 13.5. The van der Waals surface area contributed by atoms with Gasteiger partial charge in [0.2, 0.25) is 5.71 Å². The highest BCUT2D eigenvalue weighted by Crippen LogP contribution is 2.40. The number of rotatable bonds is 5. The third-order valence-electron chi connectivity index (χ3n) is 9.68. The van der Waals surface area contributed by atoms with E-state index in [-0.39, 0.29) is 6.71 Å². The molecule has 0 radical (unpaired) electrons. The molecule has 8 rings (SSSR count). The smallest absolute Gasteiger partial charge is 0.251 e. The number of para-hydroxylation sites is 3. The van der Waals surface area contributed by atoms with Crippen molar-refractivity contribution in [3.63, 3.8) is 0 Å². The molecule has 0 saturated heterocycles. The minimum atomic E-state index is 0.0719. The largest absolute Gasteiger partial charge is 0.458 e. The van der Waals surface area contributed by atoms with Crippen LogP contribution in [0.4, 0.5) is 0 Å². The average molecular weight is 588 g/mol. The van der Waals surface area contributed by atoms with Crippen LogP contribution in [0.2, 0.25) is 0 Å². The molecule has 0 unspecified atom stereocenters. The van der Waals surface area contributed by atoms with Gasteiger partial charge in [-0.1, -0.05) is 120 Å². The maximum absolute atomic E-state index is 6.77. The van der Waals surface area contributed by atoms with Crippen molar-refractivity contribution in [1.29, 1.82) is 0 Å². The van der Waals surface area contributed by atoms with Crippen molar-refractivity contribution in [1.82, 2.24) is 4.57 Å². The predicted molar refractivity (Wildman–Crippen MR) is 190 cm³/mol. The van der Waals surface area contributed by atoms with Crippen LogP contribution in [0, 0.1) is 0 Å². The number of aromatic nitrogens is 1. The minimum absolute atomic E-state index is 0.0719. The molecule has 1 aliphatic heterocycles. The van der Waals surface area contributed by atoms with Gasteiger partial charge in [0.05, 0.1) is 16.6 Å².